The number of aliphatic carboxylic acids is 1. The number of ether oxygens (including phenoxy) is 3. The predicted molar refractivity (Wildman–Crippen MR) is 106 cm³/mol. The van der Waals surface area contributed by atoms with Crippen molar-refractivity contribution in [3.05, 3.63) is 58.1 Å². The highest BCUT2D eigenvalue weighted by molar-refractivity contribution is 6.32. The molecular formula is C21H23ClO5. The number of hydrogen-bond acceptors (Lipinski definition) is 4. The van der Waals surface area contributed by atoms with E-state index < -0.39 is 5.97 Å². The predicted octanol–water partition coefficient (Wildman–Crippen LogP) is 4.91. The molecule has 0 aliphatic carbocycles. The van der Waals surface area contributed by atoms with Gasteiger partial charge in [0.25, 0.3) is 0 Å². The van der Waals surface area contributed by atoms with E-state index >= 15 is 0 Å². The molecule has 0 bridgehead atoms. The lowest BCUT2D eigenvalue weighted by Gasteiger charge is -2.15. The van der Waals surface area contributed by atoms with E-state index in [0.29, 0.717) is 35.3 Å². The van der Waals surface area contributed by atoms with E-state index in [9.17, 15) is 4.79 Å². The lowest BCUT2D eigenvalue weighted by molar-refractivity contribution is -0.131. The van der Waals surface area contributed by atoms with Crippen LogP contribution in [0.25, 0.3) is 6.08 Å². The Kier molecular flexibility index (Phi) is 7.55. The number of carboxylic acid groups (broad SMARTS) is 1. The topological polar surface area (TPSA) is 65.0 Å². The lowest BCUT2D eigenvalue weighted by Crippen LogP contribution is -2.11. The van der Waals surface area contributed by atoms with Gasteiger partial charge in [0.1, 0.15) is 19.0 Å². The molecule has 0 saturated heterocycles. The van der Waals surface area contributed by atoms with Crippen molar-refractivity contribution < 1.29 is 24.1 Å². The van der Waals surface area contributed by atoms with Gasteiger partial charge >= 0.3 is 5.97 Å². The van der Waals surface area contributed by atoms with Crippen LogP contribution < -0.4 is 14.2 Å². The van der Waals surface area contributed by atoms with Gasteiger partial charge in [0.2, 0.25) is 0 Å². The number of benzene rings is 2. The van der Waals surface area contributed by atoms with Gasteiger partial charge in [-0.2, -0.15) is 0 Å². The molecule has 0 aliphatic rings. The van der Waals surface area contributed by atoms with Crippen LogP contribution in [0.1, 0.15) is 23.6 Å². The van der Waals surface area contributed by atoms with Crippen LogP contribution in [0, 0.1) is 13.8 Å². The Hall–Kier alpha value is -2.66. The Balaban J connectivity index is 2.06. The lowest BCUT2D eigenvalue weighted by atomic mass is 10.1. The summed E-state index contributed by atoms with van der Waals surface area (Å²) < 4.78 is 17.1. The van der Waals surface area contributed by atoms with Gasteiger partial charge < -0.3 is 19.3 Å². The van der Waals surface area contributed by atoms with Gasteiger partial charge in [0, 0.05) is 6.08 Å². The van der Waals surface area contributed by atoms with Gasteiger partial charge in [-0.1, -0.05) is 23.7 Å². The summed E-state index contributed by atoms with van der Waals surface area (Å²) in [6.07, 6.45) is 2.49. The summed E-state index contributed by atoms with van der Waals surface area (Å²) in [5.41, 5.74) is 2.88. The van der Waals surface area contributed by atoms with Crippen molar-refractivity contribution in [3.8, 4) is 17.2 Å². The molecule has 2 aromatic rings. The van der Waals surface area contributed by atoms with Crippen LogP contribution in [-0.2, 0) is 4.79 Å². The number of hydrogen-bond donors (Lipinski definition) is 1. The van der Waals surface area contributed by atoms with E-state index in [1.807, 2.05) is 39.0 Å². The first-order valence-corrected chi connectivity index (χ1v) is 8.99. The van der Waals surface area contributed by atoms with Crippen molar-refractivity contribution in [2.24, 2.45) is 0 Å². The van der Waals surface area contributed by atoms with E-state index in [1.54, 1.807) is 12.1 Å². The molecule has 0 aliphatic heterocycles. The third-order valence-electron chi connectivity index (χ3n) is 3.89. The van der Waals surface area contributed by atoms with Gasteiger partial charge in [-0.15, -0.1) is 0 Å². The SMILES string of the molecule is CCOc1cc(C=CC(=O)O)cc(Cl)c1OCCOc1cccc(C)c1C. The summed E-state index contributed by atoms with van der Waals surface area (Å²) in [4.78, 5) is 10.7. The molecule has 144 valence electrons. The Morgan fingerprint density at radius 1 is 1.11 bits per heavy atom. The molecule has 0 heterocycles. The van der Waals surface area contributed by atoms with Crippen molar-refractivity contribution in [1.29, 1.82) is 0 Å². The molecule has 0 unspecified atom stereocenters. The molecule has 0 spiro atoms. The second kappa shape index (κ2) is 9.88. The molecule has 0 saturated carbocycles. The Morgan fingerprint density at radius 3 is 2.56 bits per heavy atom. The summed E-state index contributed by atoms with van der Waals surface area (Å²) in [5, 5.41) is 9.10. The van der Waals surface area contributed by atoms with Crippen LogP contribution in [0.2, 0.25) is 5.02 Å². The summed E-state index contributed by atoms with van der Waals surface area (Å²) in [6.45, 7) is 6.97. The fraction of sp³-hybridized carbons (Fsp3) is 0.286. The van der Waals surface area contributed by atoms with E-state index in [-0.39, 0.29) is 6.61 Å². The van der Waals surface area contributed by atoms with E-state index in [1.165, 1.54) is 11.6 Å². The average molecular weight is 391 g/mol. The van der Waals surface area contributed by atoms with E-state index in [0.717, 1.165) is 17.4 Å². The van der Waals surface area contributed by atoms with Gasteiger partial charge in [0.05, 0.1) is 11.6 Å². The number of carbonyl (C=O) groups is 1. The maximum absolute atomic E-state index is 10.7. The van der Waals surface area contributed by atoms with E-state index in [2.05, 4.69) is 0 Å². The molecule has 6 heteroatoms. The minimum Gasteiger partial charge on any atom is -0.490 e. The Morgan fingerprint density at radius 2 is 1.85 bits per heavy atom. The second-order valence-electron chi connectivity index (χ2n) is 5.83. The molecule has 0 radical (unpaired) electrons. The zero-order chi connectivity index (χ0) is 19.8. The van der Waals surface area contributed by atoms with Crippen LogP contribution in [0.4, 0.5) is 0 Å². The molecule has 27 heavy (non-hydrogen) atoms. The minimum absolute atomic E-state index is 0.289. The normalized spacial score (nSPS) is 10.8. The Bertz CT molecular complexity index is 830. The number of carboxylic acids is 1. The third kappa shape index (κ3) is 5.93. The van der Waals surface area contributed by atoms with Crippen LogP contribution in [0.5, 0.6) is 17.2 Å². The minimum atomic E-state index is -1.03. The van der Waals surface area contributed by atoms with Crippen LogP contribution in [-0.4, -0.2) is 30.9 Å². The van der Waals surface area contributed by atoms with Crippen LogP contribution in [0.3, 0.4) is 0 Å². The van der Waals surface area contributed by atoms with Crippen molar-refractivity contribution in [3.63, 3.8) is 0 Å². The molecule has 1 N–H and O–H groups in total. The fourth-order valence-corrected chi connectivity index (χ4v) is 2.70. The second-order valence-corrected chi connectivity index (χ2v) is 6.24. The van der Waals surface area contributed by atoms with Gasteiger partial charge in [-0.25, -0.2) is 4.79 Å². The maximum atomic E-state index is 10.7. The molecule has 0 aromatic heterocycles. The molecule has 5 nitrogen and oxygen atoms in total. The monoisotopic (exact) mass is 390 g/mol. The largest absolute Gasteiger partial charge is 0.490 e. The van der Waals surface area contributed by atoms with Crippen molar-refractivity contribution in [2.75, 3.05) is 19.8 Å². The van der Waals surface area contributed by atoms with E-state index in [4.69, 9.17) is 30.9 Å². The average Bonchev–Trinajstić information content (AvgIpc) is 2.62. The highest BCUT2D eigenvalue weighted by atomic mass is 35.5. The third-order valence-corrected chi connectivity index (χ3v) is 4.17. The molecule has 0 amide bonds. The maximum Gasteiger partial charge on any atom is 0.328 e. The summed E-state index contributed by atoms with van der Waals surface area (Å²) >= 11 is 6.30. The molecule has 2 rings (SSSR count). The Labute approximate surface area is 164 Å². The molecule has 0 fully saturated rings. The molecule has 0 atom stereocenters. The first-order valence-electron chi connectivity index (χ1n) is 8.61. The summed E-state index contributed by atoms with van der Waals surface area (Å²) in [6, 6.07) is 9.23. The van der Waals surface area contributed by atoms with Gasteiger partial charge in [0.15, 0.2) is 11.5 Å². The fourth-order valence-electron chi connectivity index (χ4n) is 2.43. The van der Waals surface area contributed by atoms with Gasteiger partial charge in [-0.3, -0.25) is 0 Å². The summed E-state index contributed by atoms with van der Waals surface area (Å²) in [5.74, 6) is 0.661. The zero-order valence-electron chi connectivity index (χ0n) is 15.6. The molecule has 2 aromatic carbocycles. The van der Waals surface area contributed by atoms with Crippen LogP contribution in [0.15, 0.2) is 36.4 Å². The van der Waals surface area contributed by atoms with Crippen LogP contribution >= 0.6 is 11.6 Å². The van der Waals surface area contributed by atoms with Crippen molar-refractivity contribution in [2.45, 2.75) is 20.8 Å². The highest BCUT2D eigenvalue weighted by Crippen LogP contribution is 2.37. The first-order chi connectivity index (χ1) is 12.9. The van der Waals surface area contributed by atoms with Crippen molar-refractivity contribution in [1.82, 2.24) is 0 Å². The highest BCUT2D eigenvalue weighted by Gasteiger charge is 2.12. The number of rotatable bonds is 9. The molecular weight excluding hydrogens is 368 g/mol. The smallest absolute Gasteiger partial charge is 0.328 e. The first kappa shape index (κ1) is 20.6. The van der Waals surface area contributed by atoms with Crippen molar-refractivity contribution >= 4 is 23.6 Å². The number of halogens is 1. The standard InChI is InChI=1S/C21H23ClO5/c1-4-25-19-13-16(8-9-20(23)24)12-17(22)21(19)27-11-10-26-18-7-5-6-14(2)15(18)3/h5-9,12-13H,4,10-11H2,1-3H3,(H,23,24). The van der Waals surface area contributed by atoms with Gasteiger partial charge in [-0.05, 0) is 61.7 Å². The summed E-state index contributed by atoms with van der Waals surface area (Å²) in [7, 11) is 0. The quantitative estimate of drug-likeness (QED) is 0.486. The zero-order valence-corrected chi connectivity index (χ0v) is 16.4. The number of aryl methyl sites for hydroxylation is 1.